The first-order chi connectivity index (χ1) is 16.5. The van der Waals surface area contributed by atoms with Gasteiger partial charge < -0.3 is 10.1 Å². The molecular formula is C26H28Cl2N2O4S. The Morgan fingerprint density at radius 1 is 1.00 bits per heavy atom. The van der Waals surface area contributed by atoms with Gasteiger partial charge in [-0.3, -0.25) is 9.10 Å². The third-order valence-electron chi connectivity index (χ3n) is 5.60. The van der Waals surface area contributed by atoms with Crippen LogP contribution in [0.5, 0.6) is 5.75 Å². The molecule has 1 amide bonds. The highest BCUT2D eigenvalue weighted by Gasteiger charge is 2.28. The van der Waals surface area contributed by atoms with E-state index in [9.17, 15) is 13.2 Å². The molecule has 0 unspecified atom stereocenters. The molecule has 6 nitrogen and oxygen atoms in total. The Morgan fingerprint density at radius 2 is 1.63 bits per heavy atom. The van der Waals surface area contributed by atoms with Crippen LogP contribution < -0.4 is 14.4 Å². The van der Waals surface area contributed by atoms with Gasteiger partial charge in [-0.05, 0) is 67.8 Å². The second-order valence-corrected chi connectivity index (χ2v) is 10.9. The van der Waals surface area contributed by atoms with E-state index in [4.69, 9.17) is 27.9 Å². The SMILES string of the molecule is CC[C@@H](NC(=O)CN(c1cc(Cl)cc(Cl)c1)S(=O)(=O)c1ccc(C)cc1)c1ccc(OC)c(C)c1. The largest absolute Gasteiger partial charge is 0.496 e. The van der Waals surface area contributed by atoms with Crippen molar-refractivity contribution in [1.29, 1.82) is 0 Å². The van der Waals surface area contributed by atoms with Crippen molar-refractivity contribution in [2.75, 3.05) is 18.0 Å². The molecule has 0 saturated heterocycles. The van der Waals surface area contributed by atoms with Gasteiger partial charge in [-0.1, -0.05) is 60.0 Å². The maximum absolute atomic E-state index is 13.6. The molecule has 0 saturated carbocycles. The summed E-state index contributed by atoms with van der Waals surface area (Å²) in [6, 6.07) is 16.2. The van der Waals surface area contributed by atoms with Crippen LogP contribution in [0.15, 0.2) is 65.6 Å². The van der Waals surface area contributed by atoms with Crippen molar-refractivity contribution >= 4 is 44.8 Å². The van der Waals surface area contributed by atoms with Gasteiger partial charge in [0.05, 0.1) is 23.7 Å². The van der Waals surface area contributed by atoms with Crippen molar-refractivity contribution in [2.45, 2.75) is 38.1 Å². The molecule has 0 aliphatic carbocycles. The first kappa shape index (κ1) is 26.9. The van der Waals surface area contributed by atoms with E-state index in [2.05, 4.69) is 5.32 Å². The lowest BCUT2D eigenvalue weighted by molar-refractivity contribution is -0.120. The van der Waals surface area contributed by atoms with E-state index >= 15 is 0 Å². The molecule has 186 valence electrons. The minimum atomic E-state index is -4.08. The molecule has 0 radical (unpaired) electrons. The molecule has 0 aliphatic rings. The third kappa shape index (κ3) is 6.48. The lowest BCUT2D eigenvalue weighted by Gasteiger charge is -2.26. The number of carbonyl (C=O) groups excluding carboxylic acids is 1. The number of hydrogen-bond acceptors (Lipinski definition) is 4. The molecule has 0 aliphatic heterocycles. The lowest BCUT2D eigenvalue weighted by atomic mass is 10.0. The summed E-state index contributed by atoms with van der Waals surface area (Å²) in [6.45, 7) is 5.29. The summed E-state index contributed by atoms with van der Waals surface area (Å²) in [5.41, 5.74) is 2.96. The molecule has 0 spiro atoms. The van der Waals surface area contributed by atoms with Crippen LogP contribution in [0.1, 0.15) is 36.1 Å². The zero-order valence-electron chi connectivity index (χ0n) is 20.0. The van der Waals surface area contributed by atoms with Crippen molar-refractivity contribution in [3.05, 3.63) is 87.4 Å². The van der Waals surface area contributed by atoms with Gasteiger partial charge in [-0.2, -0.15) is 0 Å². The van der Waals surface area contributed by atoms with E-state index in [1.807, 2.05) is 39.0 Å². The molecule has 3 rings (SSSR count). The highest BCUT2D eigenvalue weighted by Crippen LogP contribution is 2.30. The van der Waals surface area contributed by atoms with Gasteiger partial charge in [-0.15, -0.1) is 0 Å². The average molecular weight is 535 g/mol. The van der Waals surface area contributed by atoms with Gasteiger partial charge in [0.25, 0.3) is 10.0 Å². The second-order valence-electron chi connectivity index (χ2n) is 8.21. The molecule has 0 heterocycles. The Hall–Kier alpha value is -2.74. The summed E-state index contributed by atoms with van der Waals surface area (Å²) < 4.78 is 33.5. The number of ether oxygens (including phenoxy) is 1. The third-order valence-corrected chi connectivity index (χ3v) is 7.82. The van der Waals surface area contributed by atoms with E-state index < -0.39 is 22.5 Å². The number of nitrogens with zero attached hydrogens (tertiary/aromatic N) is 1. The summed E-state index contributed by atoms with van der Waals surface area (Å²) in [7, 11) is -2.48. The van der Waals surface area contributed by atoms with E-state index in [-0.39, 0.29) is 26.7 Å². The lowest BCUT2D eigenvalue weighted by Crippen LogP contribution is -2.42. The molecule has 35 heavy (non-hydrogen) atoms. The normalized spacial score (nSPS) is 12.2. The van der Waals surface area contributed by atoms with Crippen LogP contribution in [0.4, 0.5) is 5.69 Å². The predicted octanol–water partition coefficient (Wildman–Crippen LogP) is 6.08. The summed E-state index contributed by atoms with van der Waals surface area (Å²) >= 11 is 12.3. The summed E-state index contributed by atoms with van der Waals surface area (Å²) in [4.78, 5) is 13.2. The number of nitrogens with one attached hydrogen (secondary N) is 1. The Morgan fingerprint density at radius 3 is 2.17 bits per heavy atom. The minimum Gasteiger partial charge on any atom is -0.496 e. The fourth-order valence-corrected chi connectivity index (χ4v) is 5.66. The monoisotopic (exact) mass is 534 g/mol. The molecule has 9 heteroatoms. The van der Waals surface area contributed by atoms with Crippen molar-refractivity contribution in [2.24, 2.45) is 0 Å². The molecule has 0 bridgehead atoms. The molecular weight excluding hydrogens is 507 g/mol. The first-order valence-corrected chi connectivity index (χ1v) is 13.2. The number of carbonyl (C=O) groups is 1. The zero-order chi connectivity index (χ0) is 25.8. The van der Waals surface area contributed by atoms with Crippen LogP contribution in [0.3, 0.4) is 0 Å². The van der Waals surface area contributed by atoms with Gasteiger partial charge in [0.2, 0.25) is 5.91 Å². The topological polar surface area (TPSA) is 75.7 Å². The van der Waals surface area contributed by atoms with Crippen LogP contribution >= 0.6 is 23.2 Å². The van der Waals surface area contributed by atoms with E-state index in [1.165, 1.54) is 30.3 Å². The Kier molecular flexibility index (Phi) is 8.70. The smallest absolute Gasteiger partial charge is 0.264 e. The number of sulfonamides is 1. The van der Waals surface area contributed by atoms with Gasteiger partial charge >= 0.3 is 0 Å². The van der Waals surface area contributed by atoms with Crippen LogP contribution in [0.25, 0.3) is 0 Å². The summed E-state index contributed by atoms with van der Waals surface area (Å²) in [5, 5.41) is 3.48. The fraction of sp³-hybridized carbons (Fsp3) is 0.269. The van der Waals surface area contributed by atoms with Gasteiger partial charge in [0.1, 0.15) is 12.3 Å². The number of anilines is 1. The Balaban J connectivity index is 1.94. The van der Waals surface area contributed by atoms with Crippen LogP contribution in [-0.4, -0.2) is 28.0 Å². The van der Waals surface area contributed by atoms with E-state index in [1.54, 1.807) is 19.2 Å². The summed E-state index contributed by atoms with van der Waals surface area (Å²) in [5.74, 6) is 0.292. The Labute approximate surface area is 216 Å². The zero-order valence-corrected chi connectivity index (χ0v) is 22.3. The molecule has 0 aromatic heterocycles. The average Bonchev–Trinajstić information content (AvgIpc) is 2.80. The first-order valence-electron chi connectivity index (χ1n) is 11.0. The van der Waals surface area contributed by atoms with Crippen LogP contribution in [0.2, 0.25) is 10.0 Å². The van der Waals surface area contributed by atoms with Crippen molar-refractivity contribution in [1.82, 2.24) is 5.32 Å². The van der Waals surface area contributed by atoms with Crippen LogP contribution in [-0.2, 0) is 14.8 Å². The predicted molar refractivity (Wildman–Crippen MR) is 141 cm³/mol. The van der Waals surface area contributed by atoms with E-state index in [0.717, 1.165) is 26.7 Å². The van der Waals surface area contributed by atoms with Crippen LogP contribution in [0, 0.1) is 13.8 Å². The molecule has 1 N–H and O–H groups in total. The van der Waals surface area contributed by atoms with Crippen molar-refractivity contribution in [3.63, 3.8) is 0 Å². The van der Waals surface area contributed by atoms with E-state index in [0.29, 0.717) is 6.42 Å². The number of rotatable bonds is 9. The number of benzene rings is 3. The number of hydrogen-bond donors (Lipinski definition) is 1. The number of aryl methyl sites for hydroxylation is 2. The molecule has 3 aromatic carbocycles. The van der Waals surface area contributed by atoms with Gasteiger partial charge in [0.15, 0.2) is 0 Å². The standard InChI is InChI=1S/C26H28Cl2N2O4S/c1-5-24(19-8-11-25(34-4)18(3)12-19)29-26(31)16-30(22-14-20(27)13-21(28)15-22)35(32,33)23-9-6-17(2)7-10-23/h6-15,24H,5,16H2,1-4H3,(H,29,31)/t24-/m1/s1. The summed E-state index contributed by atoms with van der Waals surface area (Å²) in [6.07, 6.45) is 0.616. The molecule has 1 atom stereocenters. The molecule has 0 fully saturated rings. The fourth-order valence-electron chi connectivity index (χ4n) is 3.75. The highest BCUT2D eigenvalue weighted by molar-refractivity contribution is 7.92. The van der Waals surface area contributed by atoms with Crippen molar-refractivity contribution in [3.8, 4) is 5.75 Å². The molecule has 3 aromatic rings. The maximum Gasteiger partial charge on any atom is 0.264 e. The second kappa shape index (κ2) is 11.3. The quantitative estimate of drug-likeness (QED) is 0.360. The number of methoxy groups -OCH3 is 1. The number of amides is 1. The minimum absolute atomic E-state index is 0.0600. The van der Waals surface area contributed by atoms with Gasteiger partial charge in [-0.25, -0.2) is 8.42 Å². The van der Waals surface area contributed by atoms with Crippen molar-refractivity contribution < 1.29 is 17.9 Å². The number of halogens is 2. The Bertz CT molecular complexity index is 1290. The van der Waals surface area contributed by atoms with Gasteiger partial charge in [0, 0.05) is 10.0 Å². The highest BCUT2D eigenvalue weighted by atomic mass is 35.5. The maximum atomic E-state index is 13.6.